The number of carbonyl (C=O) groups is 1. The minimum atomic E-state index is -0.751. The first-order valence-electron chi connectivity index (χ1n) is 5.28. The summed E-state index contributed by atoms with van der Waals surface area (Å²) in [6.07, 6.45) is 1.61. The number of hydrogen-bond donors (Lipinski definition) is 1. The van der Waals surface area contributed by atoms with E-state index >= 15 is 0 Å². The van der Waals surface area contributed by atoms with Gasteiger partial charge in [-0.1, -0.05) is 0 Å². The number of rotatable bonds is 4. The molecule has 0 saturated carbocycles. The molecule has 0 aliphatic carbocycles. The molecule has 1 N–H and O–H groups in total. The lowest BCUT2D eigenvalue weighted by atomic mass is 10.0. The Hall–Kier alpha value is -1.71. The van der Waals surface area contributed by atoms with Crippen LogP contribution in [0.1, 0.15) is 24.0 Å². The van der Waals surface area contributed by atoms with Crippen LogP contribution in [0.5, 0.6) is 11.5 Å². The van der Waals surface area contributed by atoms with Crippen molar-refractivity contribution in [1.82, 2.24) is 0 Å². The summed E-state index contributed by atoms with van der Waals surface area (Å²) in [5.74, 6) is 0.786. The fraction of sp³-hybridized carbons (Fsp3) is 0.417. The van der Waals surface area contributed by atoms with Crippen molar-refractivity contribution in [1.29, 1.82) is 0 Å². The van der Waals surface area contributed by atoms with Crippen LogP contribution in [0.4, 0.5) is 0 Å². The first kappa shape index (κ1) is 10.8. The van der Waals surface area contributed by atoms with Crippen LogP contribution in [0.3, 0.4) is 0 Å². The molecule has 86 valence electrons. The Bertz CT molecular complexity index is 412. The second-order valence-electron chi connectivity index (χ2n) is 3.88. The van der Waals surface area contributed by atoms with Gasteiger partial charge in [-0.3, -0.25) is 4.79 Å². The number of ether oxygens (including phenoxy) is 2. The van der Waals surface area contributed by atoms with Crippen LogP contribution in [0.2, 0.25) is 0 Å². The zero-order valence-electron chi connectivity index (χ0n) is 9.16. The van der Waals surface area contributed by atoms with Crippen molar-refractivity contribution in [3.8, 4) is 11.5 Å². The number of carboxylic acid groups (broad SMARTS) is 1. The van der Waals surface area contributed by atoms with Crippen LogP contribution in [0.15, 0.2) is 12.1 Å². The molecule has 2 rings (SSSR count). The van der Waals surface area contributed by atoms with E-state index in [0.717, 1.165) is 29.0 Å². The minimum absolute atomic E-state index is 0.202. The summed E-state index contributed by atoms with van der Waals surface area (Å²) in [7, 11) is 0. The molecule has 1 aromatic rings. The third-order valence-corrected chi connectivity index (χ3v) is 2.67. The number of fused-ring (bicyclic) bond motifs is 1. The normalized spacial score (nSPS) is 12.8. The molecule has 4 nitrogen and oxygen atoms in total. The highest BCUT2D eigenvalue weighted by atomic mass is 16.7. The number of benzene rings is 1. The van der Waals surface area contributed by atoms with Gasteiger partial charge in [0.05, 0.1) is 0 Å². The zero-order chi connectivity index (χ0) is 11.5. The Kier molecular flexibility index (Phi) is 2.99. The second kappa shape index (κ2) is 4.43. The van der Waals surface area contributed by atoms with Crippen LogP contribution in [-0.4, -0.2) is 17.9 Å². The molecule has 1 heterocycles. The van der Waals surface area contributed by atoms with E-state index in [2.05, 4.69) is 0 Å². The molecule has 0 bridgehead atoms. The average Bonchev–Trinajstić information content (AvgIpc) is 2.64. The van der Waals surface area contributed by atoms with Gasteiger partial charge in [-0.25, -0.2) is 0 Å². The molecular weight excluding hydrogens is 208 g/mol. The van der Waals surface area contributed by atoms with Gasteiger partial charge in [-0.15, -0.1) is 0 Å². The molecule has 0 aromatic heterocycles. The van der Waals surface area contributed by atoms with E-state index in [1.54, 1.807) is 0 Å². The smallest absolute Gasteiger partial charge is 0.303 e. The Labute approximate surface area is 93.8 Å². The number of hydrogen-bond acceptors (Lipinski definition) is 3. The highest BCUT2D eigenvalue weighted by molar-refractivity contribution is 5.66. The van der Waals surface area contributed by atoms with Crippen LogP contribution in [-0.2, 0) is 11.2 Å². The molecule has 1 aliphatic heterocycles. The Morgan fingerprint density at radius 3 is 2.75 bits per heavy atom. The quantitative estimate of drug-likeness (QED) is 0.847. The number of aryl methyl sites for hydroxylation is 2. The highest BCUT2D eigenvalue weighted by Crippen LogP contribution is 2.34. The average molecular weight is 222 g/mol. The second-order valence-corrected chi connectivity index (χ2v) is 3.88. The van der Waals surface area contributed by atoms with Crippen LogP contribution < -0.4 is 9.47 Å². The van der Waals surface area contributed by atoms with E-state index in [1.165, 1.54) is 0 Å². The topological polar surface area (TPSA) is 55.8 Å². The van der Waals surface area contributed by atoms with Crippen molar-refractivity contribution in [2.75, 3.05) is 6.79 Å². The zero-order valence-corrected chi connectivity index (χ0v) is 9.16. The summed E-state index contributed by atoms with van der Waals surface area (Å²) >= 11 is 0. The van der Waals surface area contributed by atoms with Crippen LogP contribution in [0.25, 0.3) is 0 Å². The molecule has 0 atom stereocenters. The summed E-state index contributed by atoms with van der Waals surface area (Å²) in [4.78, 5) is 10.4. The van der Waals surface area contributed by atoms with Gasteiger partial charge in [-0.2, -0.15) is 0 Å². The van der Waals surface area contributed by atoms with Gasteiger partial charge in [-0.05, 0) is 43.0 Å². The largest absolute Gasteiger partial charge is 0.481 e. The Balaban J connectivity index is 2.06. The van der Waals surface area contributed by atoms with Gasteiger partial charge >= 0.3 is 5.97 Å². The van der Waals surface area contributed by atoms with E-state index in [9.17, 15) is 4.79 Å². The summed E-state index contributed by atoms with van der Waals surface area (Å²) in [5.41, 5.74) is 2.25. The Morgan fingerprint density at radius 1 is 1.38 bits per heavy atom. The SMILES string of the molecule is Cc1cc2c(cc1CCCC(=O)O)OCO2. The minimum Gasteiger partial charge on any atom is -0.481 e. The standard InChI is InChI=1S/C12H14O4/c1-8-5-10-11(16-7-15-10)6-9(8)3-2-4-12(13)14/h5-6H,2-4,7H2,1H3,(H,13,14). The molecule has 1 aromatic carbocycles. The van der Waals surface area contributed by atoms with Gasteiger partial charge in [0, 0.05) is 6.42 Å². The van der Waals surface area contributed by atoms with Crippen molar-refractivity contribution in [3.63, 3.8) is 0 Å². The molecule has 0 spiro atoms. The number of carboxylic acids is 1. The maximum atomic E-state index is 10.4. The van der Waals surface area contributed by atoms with E-state index in [-0.39, 0.29) is 13.2 Å². The van der Waals surface area contributed by atoms with E-state index in [1.807, 2.05) is 19.1 Å². The fourth-order valence-electron chi connectivity index (χ4n) is 1.79. The lowest BCUT2D eigenvalue weighted by Gasteiger charge is -2.06. The Morgan fingerprint density at radius 2 is 2.06 bits per heavy atom. The summed E-state index contributed by atoms with van der Waals surface area (Å²) < 4.78 is 10.5. The van der Waals surface area contributed by atoms with Gasteiger partial charge in [0.1, 0.15) is 0 Å². The van der Waals surface area contributed by atoms with Gasteiger partial charge in [0.25, 0.3) is 0 Å². The van der Waals surface area contributed by atoms with E-state index in [0.29, 0.717) is 6.42 Å². The maximum Gasteiger partial charge on any atom is 0.303 e. The lowest BCUT2D eigenvalue weighted by Crippen LogP contribution is -1.97. The van der Waals surface area contributed by atoms with Crippen LogP contribution >= 0.6 is 0 Å². The first-order valence-corrected chi connectivity index (χ1v) is 5.28. The molecule has 0 unspecified atom stereocenters. The molecular formula is C12H14O4. The fourth-order valence-corrected chi connectivity index (χ4v) is 1.79. The first-order chi connectivity index (χ1) is 7.66. The van der Waals surface area contributed by atoms with E-state index in [4.69, 9.17) is 14.6 Å². The third-order valence-electron chi connectivity index (χ3n) is 2.67. The van der Waals surface area contributed by atoms with Crippen molar-refractivity contribution < 1.29 is 19.4 Å². The number of aliphatic carboxylic acids is 1. The van der Waals surface area contributed by atoms with Crippen molar-refractivity contribution in [2.45, 2.75) is 26.2 Å². The van der Waals surface area contributed by atoms with Gasteiger partial charge < -0.3 is 14.6 Å². The monoisotopic (exact) mass is 222 g/mol. The predicted octanol–water partition coefficient (Wildman–Crippen LogP) is 2.13. The van der Waals surface area contributed by atoms with Gasteiger partial charge in [0.2, 0.25) is 6.79 Å². The molecule has 0 radical (unpaired) electrons. The lowest BCUT2D eigenvalue weighted by molar-refractivity contribution is -0.137. The summed E-state index contributed by atoms with van der Waals surface area (Å²) in [5, 5.41) is 8.57. The molecule has 0 amide bonds. The highest BCUT2D eigenvalue weighted by Gasteiger charge is 2.15. The predicted molar refractivity (Wildman–Crippen MR) is 57.9 cm³/mol. The molecule has 16 heavy (non-hydrogen) atoms. The van der Waals surface area contributed by atoms with Crippen LogP contribution in [0, 0.1) is 6.92 Å². The summed E-state index contributed by atoms with van der Waals surface area (Å²) in [6.45, 7) is 2.27. The summed E-state index contributed by atoms with van der Waals surface area (Å²) in [6, 6.07) is 3.89. The maximum absolute atomic E-state index is 10.4. The molecule has 1 aliphatic rings. The van der Waals surface area contributed by atoms with E-state index < -0.39 is 5.97 Å². The van der Waals surface area contributed by atoms with Crippen molar-refractivity contribution in [3.05, 3.63) is 23.3 Å². The van der Waals surface area contributed by atoms with Crippen molar-refractivity contribution in [2.24, 2.45) is 0 Å². The van der Waals surface area contributed by atoms with Gasteiger partial charge in [0.15, 0.2) is 11.5 Å². The molecule has 0 fully saturated rings. The molecule has 4 heteroatoms. The van der Waals surface area contributed by atoms with Crippen molar-refractivity contribution >= 4 is 5.97 Å². The third kappa shape index (κ3) is 2.27. The molecule has 0 saturated heterocycles.